The number of carbonyl (C=O) groups excluding carboxylic acids is 2. The van der Waals surface area contributed by atoms with Gasteiger partial charge in [0.25, 0.3) is 5.91 Å². The Morgan fingerprint density at radius 3 is 2.63 bits per heavy atom. The maximum absolute atomic E-state index is 12.6. The van der Waals surface area contributed by atoms with Gasteiger partial charge in [0.05, 0.1) is 20.0 Å². The van der Waals surface area contributed by atoms with Crippen molar-refractivity contribution in [2.45, 2.75) is 18.4 Å². The molecule has 2 heterocycles. The third-order valence-corrected chi connectivity index (χ3v) is 6.33. The number of fused-ring (bicyclic) bond motifs is 1. The van der Waals surface area contributed by atoms with E-state index in [2.05, 4.69) is 20.4 Å². The lowest BCUT2D eigenvalue weighted by atomic mass is 10.2. The summed E-state index contributed by atoms with van der Waals surface area (Å²) in [5.74, 6) is 1.98. The third kappa shape index (κ3) is 5.78. The van der Waals surface area contributed by atoms with Gasteiger partial charge in [-0.2, -0.15) is 0 Å². The number of amides is 2. The summed E-state index contributed by atoms with van der Waals surface area (Å²) in [4.78, 5) is 25.9. The molecule has 0 saturated heterocycles. The first-order chi connectivity index (χ1) is 17.0. The van der Waals surface area contributed by atoms with Gasteiger partial charge in [-0.3, -0.25) is 9.59 Å². The Morgan fingerprint density at radius 2 is 1.89 bits per heavy atom. The lowest BCUT2D eigenvalue weighted by molar-refractivity contribution is -0.113. The van der Waals surface area contributed by atoms with Crippen molar-refractivity contribution in [2.24, 2.45) is 0 Å². The van der Waals surface area contributed by atoms with Crippen molar-refractivity contribution in [1.29, 1.82) is 0 Å². The molecule has 2 amide bonds. The zero-order valence-corrected chi connectivity index (χ0v) is 20.5. The normalized spacial score (nSPS) is 10.8. The van der Waals surface area contributed by atoms with Gasteiger partial charge in [-0.15, -0.1) is 11.8 Å². The summed E-state index contributed by atoms with van der Waals surface area (Å²) >= 11 is 1.44. The second kappa shape index (κ2) is 11.0. The SMILES string of the molecule is COc1ccc(C(=O)NCCn2cc(SCC(=O)Nc3cc(C)on3)c3ccccc32)cc1OC. The molecule has 0 bridgehead atoms. The van der Waals surface area contributed by atoms with Crippen molar-refractivity contribution in [2.75, 3.05) is 31.8 Å². The highest BCUT2D eigenvalue weighted by atomic mass is 32.2. The molecular formula is C25H26N4O5S. The molecule has 9 nitrogen and oxygen atoms in total. The fourth-order valence-electron chi connectivity index (χ4n) is 3.63. The van der Waals surface area contributed by atoms with Crippen LogP contribution < -0.4 is 20.1 Å². The van der Waals surface area contributed by atoms with Crippen LogP contribution in [-0.4, -0.2) is 48.1 Å². The van der Waals surface area contributed by atoms with Gasteiger partial charge in [0.2, 0.25) is 5.91 Å². The van der Waals surface area contributed by atoms with Crippen molar-refractivity contribution >= 4 is 40.3 Å². The average Bonchev–Trinajstić information content (AvgIpc) is 3.45. The molecule has 182 valence electrons. The second-order valence-corrected chi connectivity index (χ2v) is 8.71. The topological polar surface area (TPSA) is 108 Å². The fourth-order valence-corrected chi connectivity index (χ4v) is 4.52. The number of hydrogen-bond acceptors (Lipinski definition) is 7. The Balaban J connectivity index is 1.38. The monoisotopic (exact) mass is 494 g/mol. The van der Waals surface area contributed by atoms with E-state index in [1.165, 1.54) is 18.9 Å². The minimum atomic E-state index is -0.197. The van der Waals surface area contributed by atoms with Crippen LogP contribution in [-0.2, 0) is 11.3 Å². The van der Waals surface area contributed by atoms with Gasteiger partial charge in [-0.25, -0.2) is 0 Å². The molecule has 10 heteroatoms. The van der Waals surface area contributed by atoms with Crippen molar-refractivity contribution in [3.05, 3.63) is 66.1 Å². The number of aryl methyl sites for hydroxylation is 1. The van der Waals surface area contributed by atoms with E-state index < -0.39 is 0 Å². The van der Waals surface area contributed by atoms with Crippen LogP contribution in [0.15, 0.2) is 64.1 Å². The van der Waals surface area contributed by atoms with E-state index in [1.807, 2.05) is 30.5 Å². The molecule has 2 aromatic heterocycles. The number of nitrogens with one attached hydrogen (secondary N) is 2. The molecular weight excluding hydrogens is 468 g/mol. The van der Waals surface area contributed by atoms with Crippen molar-refractivity contribution in [1.82, 2.24) is 15.0 Å². The van der Waals surface area contributed by atoms with Crippen molar-refractivity contribution in [3.63, 3.8) is 0 Å². The summed E-state index contributed by atoms with van der Waals surface area (Å²) in [7, 11) is 3.08. The van der Waals surface area contributed by atoms with E-state index in [9.17, 15) is 9.59 Å². The smallest absolute Gasteiger partial charge is 0.251 e. The number of methoxy groups -OCH3 is 2. The van der Waals surface area contributed by atoms with Crippen LogP contribution in [0.3, 0.4) is 0 Å². The quantitative estimate of drug-likeness (QED) is 0.319. The summed E-state index contributed by atoms with van der Waals surface area (Å²) in [5.41, 5.74) is 1.52. The number of aromatic nitrogens is 2. The van der Waals surface area contributed by atoms with E-state index in [0.29, 0.717) is 41.7 Å². The number of rotatable bonds is 10. The zero-order chi connectivity index (χ0) is 24.8. The number of carbonyl (C=O) groups is 2. The van der Waals surface area contributed by atoms with Gasteiger partial charge in [-0.05, 0) is 31.2 Å². The Kier molecular flexibility index (Phi) is 7.61. The average molecular weight is 495 g/mol. The molecule has 0 aliphatic heterocycles. The van der Waals surface area contributed by atoms with Gasteiger partial charge in [-0.1, -0.05) is 23.4 Å². The summed E-state index contributed by atoms with van der Waals surface area (Å²) in [5, 5.41) is 10.5. The lowest BCUT2D eigenvalue weighted by Gasteiger charge is -2.10. The predicted molar refractivity (Wildman–Crippen MR) is 134 cm³/mol. The number of hydrogen-bond donors (Lipinski definition) is 2. The van der Waals surface area contributed by atoms with Crippen LogP contribution in [0.4, 0.5) is 5.82 Å². The van der Waals surface area contributed by atoms with Crippen molar-refractivity contribution < 1.29 is 23.6 Å². The van der Waals surface area contributed by atoms with Gasteiger partial charge >= 0.3 is 0 Å². The summed E-state index contributed by atoms with van der Waals surface area (Å²) in [6.45, 7) is 2.77. The lowest BCUT2D eigenvalue weighted by Crippen LogP contribution is -2.27. The predicted octanol–water partition coefficient (Wildman–Crippen LogP) is 4.12. The molecule has 4 aromatic rings. The van der Waals surface area contributed by atoms with Crippen LogP contribution >= 0.6 is 11.8 Å². The van der Waals surface area contributed by atoms with Crippen LogP contribution in [0.5, 0.6) is 11.5 Å². The molecule has 2 aromatic carbocycles. The van der Waals surface area contributed by atoms with Crippen LogP contribution in [0.25, 0.3) is 10.9 Å². The van der Waals surface area contributed by atoms with Gasteiger partial charge in [0.1, 0.15) is 5.76 Å². The summed E-state index contributed by atoms with van der Waals surface area (Å²) in [6, 6.07) is 14.7. The molecule has 0 radical (unpaired) electrons. The minimum Gasteiger partial charge on any atom is -0.493 e. The number of anilines is 1. The highest BCUT2D eigenvalue weighted by molar-refractivity contribution is 8.00. The molecule has 0 aliphatic rings. The number of thioether (sulfide) groups is 1. The minimum absolute atomic E-state index is 0.165. The molecule has 0 aliphatic carbocycles. The Morgan fingerprint density at radius 1 is 1.09 bits per heavy atom. The van der Waals surface area contributed by atoms with Gasteiger partial charge < -0.3 is 29.2 Å². The molecule has 0 saturated carbocycles. The van der Waals surface area contributed by atoms with Crippen LogP contribution in [0.1, 0.15) is 16.1 Å². The fraction of sp³-hybridized carbons (Fsp3) is 0.240. The Bertz CT molecular complexity index is 1350. The van der Waals surface area contributed by atoms with Crippen LogP contribution in [0, 0.1) is 6.92 Å². The zero-order valence-electron chi connectivity index (χ0n) is 19.7. The summed E-state index contributed by atoms with van der Waals surface area (Å²) < 4.78 is 17.6. The number of ether oxygens (including phenoxy) is 2. The Hall–Kier alpha value is -3.92. The molecule has 0 fully saturated rings. The molecule has 0 spiro atoms. The van der Waals surface area contributed by atoms with Crippen LogP contribution in [0.2, 0.25) is 0 Å². The largest absolute Gasteiger partial charge is 0.493 e. The number of para-hydroxylation sites is 1. The van der Waals surface area contributed by atoms with Gasteiger partial charge in [0.15, 0.2) is 17.3 Å². The molecule has 0 unspecified atom stereocenters. The highest BCUT2D eigenvalue weighted by Gasteiger charge is 2.13. The molecule has 0 atom stereocenters. The summed E-state index contributed by atoms with van der Waals surface area (Å²) in [6.07, 6.45) is 2.01. The van der Waals surface area contributed by atoms with E-state index in [-0.39, 0.29) is 17.6 Å². The standard InChI is InChI=1S/C25H26N4O5S/c1-16-12-23(28-34-16)27-24(30)15-35-22-14-29(19-7-5-4-6-18(19)22)11-10-26-25(31)17-8-9-20(32-2)21(13-17)33-3/h4-9,12-14H,10-11,15H2,1-3H3,(H,26,31)(H,27,28,30). The van der Waals surface area contributed by atoms with Crippen molar-refractivity contribution in [3.8, 4) is 11.5 Å². The molecule has 4 rings (SSSR count). The maximum Gasteiger partial charge on any atom is 0.251 e. The van der Waals surface area contributed by atoms with E-state index in [1.54, 1.807) is 38.3 Å². The van der Waals surface area contributed by atoms with E-state index in [4.69, 9.17) is 14.0 Å². The third-order valence-electron chi connectivity index (χ3n) is 5.29. The molecule has 2 N–H and O–H groups in total. The first-order valence-corrected chi connectivity index (χ1v) is 11.9. The van der Waals surface area contributed by atoms with E-state index >= 15 is 0 Å². The second-order valence-electron chi connectivity index (χ2n) is 7.69. The maximum atomic E-state index is 12.6. The Labute approximate surface area is 206 Å². The first kappa shape index (κ1) is 24.2. The van der Waals surface area contributed by atoms with E-state index in [0.717, 1.165) is 15.8 Å². The van der Waals surface area contributed by atoms with Gasteiger partial charge in [0, 0.05) is 46.7 Å². The number of nitrogens with zero attached hydrogens (tertiary/aromatic N) is 2. The highest BCUT2D eigenvalue weighted by Crippen LogP contribution is 2.30. The molecule has 35 heavy (non-hydrogen) atoms. The number of benzene rings is 2. The first-order valence-electron chi connectivity index (χ1n) is 10.9.